The lowest BCUT2D eigenvalue weighted by molar-refractivity contribution is -0.152. The number of ketones is 1. The van der Waals surface area contributed by atoms with Crippen molar-refractivity contribution in [2.45, 2.75) is 12.8 Å². The molecule has 1 saturated heterocycles. The number of benzene rings is 2. The number of hydrogen-bond acceptors (Lipinski definition) is 6. The van der Waals surface area contributed by atoms with Crippen LogP contribution in [0.2, 0.25) is 0 Å². The fourth-order valence-corrected chi connectivity index (χ4v) is 4.58. The predicted molar refractivity (Wildman–Crippen MR) is 129 cm³/mol. The van der Waals surface area contributed by atoms with Crippen LogP contribution in [0.1, 0.15) is 38.4 Å². The Morgan fingerprint density at radius 3 is 2.50 bits per heavy atom. The van der Waals surface area contributed by atoms with Gasteiger partial charge in [-0.05, 0) is 36.4 Å². The summed E-state index contributed by atoms with van der Waals surface area (Å²) in [6.07, 6.45) is 1.29. The van der Waals surface area contributed by atoms with Gasteiger partial charge in [-0.2, -0.15) is 0 Å². The van der Waals surface area contributed by atoms with Gasteiger partial charge in [0.15, 0.2) is 12.4 Å². The first kappa shape index (κ1) is 23.4. The van der Waals surface area contributed by atoms with Gasteiger partial charge in [-0.15, -0.1) is 11.3 Å². The van der Waals surface area contributed by atoms with E-state index in [0.717, 1.165) is 0 Å². The molecule has 1 aromatic heterocycles. The van der Waals surface area contributed by atoms with E-state index in [0.29, 0.717) is 41.1 Å². The van der Waals surface area contributed by atoms with Crippen LogP contribution in [0.4, 0.5) is 5.69 Å². The molecule has 4 rings (SSSR count). The number of carbonyl (C=O) groups excluding carboxylic acids is 4. The second-order valence-electron chi connectivity index (χ2n) is 7.96. The van der Waals surface area contributed by atoms with Crippen LogP contribution in [0.25, 0.3) is 0 Å². The molecule has 2 heterocycles. The molecule has 8 heteroatoms. The Hall–Kier alpha value is -3.78. The maximum atomic E-state index is 12.8. The Kier molecular flexibility index (Phi) is 7.49. The topological polar surface area (TPSA) is 92.8 Å². The van der Waals surface area contributed by atoms with Crippen LogP contribution in [0.15, 0.2) is 72.1 Å². The lowest BCUT2D eigenvalue weighted by atomic mass is 9.98. The Bertz CT molecular complexity index is 1180. The van der Waals surface area contributed by atoms with Crippen molar-refractivity contribution >= 4 is 40.6 Å². The van der Waals surface area contributed by atoms with Gasteiger partial charge < -0.3 is 15.0 Å². The zero-order chi connectivity index (χ0) is 23.9. The lowest BCUT2D eigenvalue weighted by Gasteiger charge is -2.31. The highest BCUT2D eigenvalue weighted by Crippen LogP contribution is 2.22. The van der Waals surface area contributed by atoms with Crippen molar-refractivity contribution in [1.29, 1.82) is 0 Å². The number of anilines is 1. The molecule has 2 amide bonds. The van der Waals surface area contributed by atoms with E-state index in [1.807, 2.05) is 17.5 Å². The SMILES string of the molecule is O=C(COC(=O)[C@H]1CCCN(C(=O)c2cccs2)C1)Nc1ccccc1C(=O)c1ccccc1. The number of piperidine rings is 1. The van der Waals surface area contributed by atoms with Crippen molar-refractivity contribution < 1.29 is 23.9 Å². The monoisotopic (exact) mass is 476 g/mol. The van der Waals surface area contributed by atoms with Gasteiger partial charge in [-0.25, -0.2) is 0 Å². The maximum Gasteiger partial charge on any atom is 0.311 e. The minimum atomic E-state index is -0.538. The summed E-state index contributed by atoms with van der Waals surface area (Å²) in [5, 5.41) is 4.51. The molecule has 0 unspecified atom stereocenters. The molecular formula is C26H24N2O5S. The molecule has 0 aliphatic carbocycles. The fraction of sp³-hybridized carbons (Fsp3) is 0.231. The first-order chi connectivity index (χ1) is 16.5. The van der Waals surface area contributed by atoms with E-state index in [2.05, 4.69) is 5.32 Å². The fourth-order valence-electron chi connectivity index (χ4n) is 3.89. The van der Waals surface area contributed by atoms with Crippen LogP contribution in [-0.4, -0.2) is 48.2 Å². The Balaban J connectivity index is 1.32. The lowest BCUT2D eigenvalue weighted by Crippen LogP contribution is -2.43. The van der Waals surface area contributed by atoms with Gasteiger partial charge >= 0.3 is 5.97 Å². The van der Waals surface area contributed by atoms with Crippen LogP contribution >= 0.6 is 11.3 Å². The minimum absolute atomic E-state index is 0.0927. The van der Waals surface area contributed by atoms with Gasteiger partial charge in [0.25, 0.3) is 11.8 Å². The van der Waals surface area contributed by atoms with E-state index in [1.54, 1.807) is 59.5 Å². The third-order valence-corrected chi connectivity index (χ3v) is 6.46. The summed E-state index contributed by atoms with van der Waals surface area (Å²) in [6, 6.07) is 19.1. The molecule has 2 aromatic carbocycles. The summed E-state index contributed by atoms with van der Waals surface area (Å²) >= 11 is 1.37. The first-order valence-electron chi connectivity index (χ1n) is 11.0. The van der Waals surface area contributed by atoms with Crippen molar-refractivity contribution in [3.05, 3.63) is 88.1 Å². The summed E-state index contributed by atoms with van der Waals surface area (Å²) in [7, 11) is 0. The zero-order valence-electron chi connectivity index (χ0n) is 18.4. The number of rotatable bonds is 7. The molecule has 3 aromatic rings. The van der Waals surface area contributed by atoms with Gasteiger partial charge in [0.05, 0.1) is 16.5 Å². The summed E-state index contributed by atoms with van der Waals surface area (Å²) in [6.45, 7) is 0.390. The number of nitrogens with one attached hydrogen (secondary N) is 1. The standard InChI is InChI=1S/C26H24N2O5S/c29-23(27-21-12-5-4-11-20(21)24(30)18-8-2-1-3-9-18)17-33-26(32)19-10-6-14-28(16-19)25(31)22-13-7-15-34-22/h1-5,7-9,11-13,15,19H,6,10,14,16-17H2,(H,27,29)/t19-/m0/s1. The Morgan fingerprint density at radius 2 is 1.74 bits per heavy atom. The third-order valence-electron chi connectivity index (χ3n) is 5.60. The van der Waals surface area contributed by atoms with E-state index in [4.69, 9.17) is 4.74 Å². The molecule has 0 spiro atoms. The average Bonchev–Trinajstić information content (AvgIpc) is 3.42. The second kappa shape index (κ2) is 10.9. The highest BCUT2D eigenvalue weighted by molar-refractivity contribution is 7.12. The molecule has 0 saturated carbocycles. The number of thiophene rings is 1. The summed E-state index contributed by atoms with van der Waals surface area (Å²) in [5.41, 5.74) is 1.21. The summed E-state index contributed by atoms with van der Waals surface area (Å²) < 4.78 is 5.25. The van der Waals surface area contributed by atoms with Gasteiger partial charge in [0, 0.05) is 24.2 Å². The number of hydrogen-bond donors (Lipinski definition) is 1. The number of likely N-dealkylation sites (tertiary alicyclic amines) is 1. The number of esters is 1. The largest absolute Gasteiger partial charge is 0.455 e. The van der Waals surface area contributed by atoms with Crippen LogP contribution < -0.4 is 5.32 Å². The van der Waals surface area contributed by atoms with Gasteiger partial charge in [0.1, 0.15) is 0 Å². The molecule has 1 fully saturated rings. The molecule has 174 valence electrons. The number of nitrogens with zero attached hydrogens (tertiary/aromatic N) is 1. The summed E-state index contributed by atoms with van der Waals surface area (Å²) in [5.74, 6) is -1.83. The molecule has 0 radical (unpaired) electrons. The molecule has 1 aliphatic heterocycles. The Labute approximate surface area is 201 Å². The van der Waals surface area contributed by atoms with Crippen molar-refractivity contribution in [3.8, 4) is 0 Å². The second-order valence-corrected chi connectivity index (χ2v) is 8.91. The van der Waals surface area contributed by atoms with E-state index in [1.165, 1.54) is 11.3 Å². The molecule has 1 N–H and O–H groups in total. The van der Waals surface area contributed by atoms with E-state index < -0.39 is 24.4 Å². The van der Waals surface area contributed by atoms with Crippen molar-refractivity contribution in [2.24, 2.45) is 5.92 Å². The van der Waals surface area contributed by atoms with Gasteiger partial charge in [0.2, 0.25) is 0 Å². The first-order valence-corrected chi connectivity index (χ1v) is 11.9. The smallest absolute Gasteiger partial charge is 0.311 e. The Morgan fingerprint density at radius 1 is 0.971 bits per heavy atom. The van der Waals surface area contributed by atoms with Crippen molar-refractivity contribution in [1.82, 2.24) is 4.90 Å². The van der Waals surface area contributed by atoms with Crippen molar-refractivity contribution in [2.75, 3.05) is 25.0 Å². The van der Waals surface area contributed by atoms with Crippen LogP contribution in [0, 0.1) is 5.92 Å². The molecule has 7 nitrogen and oxygen atoms in total. The van der Waals surface area contributed by atoms with Gasteiger partial charge in [-0.3, -0.25) is 19.2 Å². The zero-order valence-corrected chi connectivity index (χ0v) is 19.3. The molecular weight excluding hydrogens is 452 g/mol. The maximum absolute atomic E-state index is 12.8. The summed E-state index contributed by atoms with van der Waals surface area (Å²) in [4.78, 5) is 52.8. The highest BCUT2D eigenvalue weighted by atomic mass is 32.1. The van der Waals surface area contributed by atoms with E-state index in [-0.39, 0.29) is 18.2 Å². The average molecular weight is 477 g/mol. The third kappa shape index (κ3) is 5.58. The predicted octanol–water partition coefficient (Wildman–Crippen LogP) is 4.01. The van der Waals surface area contributed by atoms with E-state index >= 15 is 0 Å². The number of para-hydroxylation sites is 1. The van der Waals surface area contributed by atoms with Gasteiger partial charge in [-0.1, -0.05) is 48.5 Å². The molecule has 34 heavy (non-hydrogen) atoms. The number of amides is 2. The molecule has 1 aliphatic rings. The highest BCUT2D eigenvalue weighted by Gasteiger charge is 2.30. The minimum Gasteiger partial charge on any atom is -0.455 e. The normalized spacial score (nSPS) is 15.4. The molecule has 0 bridgehead atoms. The van der Waals surface area contributed by atoms with Crippen LogP contribution in [-0.2, 0) is 14.3 Å². The quantitative estimate of drug-likeness (QED) is 0.411. The number of carbonyl (C=O) groups is 4. The molecule has 1 atom stereocenters. The van der Waals surface area contributed by atoms with E-state index in [9.17, 15) is 19.2 Å². The van der Waals surface area contributed by atoms with Crippen LogP contribution in [0.5, 0.6) is 0 Å². The van der Waals surface area contributed by atoms with Crippen LogP contribution in [0.3, 0.4) is 0 Å². The van der Waals surface area contributed by atoms with Crippen molar-refractivity contribution in [3.63, 3.8) is 0 Å². The number of ether oxygens (including phenoxy) is 1.